The first-order valence-corrected chi connectivity index (χ1v) is 9.12. The molecule has 0 aliphatic carbocycles. The summed E-state index contributed by atoms with van der Waals surface area (Å²) < 4.78 is 6.00. The monoisotopic (exact) mass is 343 g/mol. The summed E-state index contributed by atoms with van der Waals surface area (Å²) in [6.45, 7) is 8.00. The molecule has 2 aliphatic heterocycles. The summed E-state index contributed by atoms with van der Waals surface area (Å²) in [5, 5.41) is 3.29. The van der Waals surface area contributed by atoms with Crippen LogP contribution >= 0.6 is 0 Å². The molecule has 25 heavy (non-hydrogen) atoms. The van der Waals surface area contributed by atoms with Crippen molar-refractivity contribution < 1.29 is 4.74 Å². The van der Waals surface area contributed by atoms with Crippen LogP contribution in [0.15, 0.2) is 23.3 Å². The fourth-order valence-electron chi connectivity index (χ4n) is 3.38. The molecule has 0 bridgehead atoms. The molecule has 3 heterocycles. The van der Waals surface area contributed by atoms with Crippen molar-refractivity contribution in [1.82, 2.24) is 15.2 Å². The molecular formula is C19H29N5O. The summed E-state index contributed by atoms with van der Waals surface area (Å²) in [6, 6.07) is 2.46. The molecule has 0 amide bonds. The van der Waals surface area contributed by atoms with E-state index in [-0.39, 0.29) is 0 Å². The van der Waals surface area contributed by atoms with E-state index in [1.165, 1.54) is 0 Å². The lowest BCUT2D eigenvalue weighted by molar-refractivity contribution is 0.186. The number of aromatic nitrogens is 1. The van der Waals surface area contributed by atoms with Crippen LogP contribution in [-0.4, -0.2) is 62.1 Å². The quantitative estimate of drug-likeness (QED) is 0.671. The maximum Gasteiger partial charge on any atom is 0.172 e. The van der Waals surface area contributed by atoms with Crippen molar-refractivity contribution in [3.05, 3.63) is 29.6 Å². The van der Waals surface area contributed by atoms with Crippen molar-refractivity contribution >= 4 is 11.7 Å². The molecule has 0 aromatic carbocycles. The van der Waals surface area contributed by atoms with Gasteiger partial charge < -0.3 is 19.9 Å². The van der Waals surface area contributed by atoms with Gasteiger partial charge in [-0.2, -0.15) is 0 Å². The minimum atomic E-state index is 0.369. The molecule has 6 nitrogen and oxygen atoms in total. The van der Waals surface area contributed by atoms with E-state index in [1.807, 2.05) is 6.20 Å². The first-order chi connectivity index (χ1) is 12.1. The van der Waals surface area contributed by atoms with Gasteiger partial charge >= 0.3 is 0 Å². The van der Waals surface area contributed by atoms with Crippen molar-refractivity contribution in [1.29, 1.82) is 0 Å². The summed E-state index contributed by atoms with van der Waals surface area (Å²) in [5.41, 5.74) is 1.97. The molecule has 1 fully saturated rings. The van der Waals surface area contributed by atoms with Crippen LogP contribution in [0, 0.1) is 6.92 Å². The number of likely N-dealkylation sites (N-methyl/N-ethyl adjacent to an activating group) is 1. The van der Waals surface area contributed by atoms with Crippen LogP contribution in [-0.2, 0) is 0 Å². The Morgan fingerprint density at radius 1 is 1.48 bits per heavy atom. The number of anilines is 1. The Morgan fingerprint density at radius 3 is 3.08 bits per heavy atom. The Bertz CT molecular complexity index is 670. The molecule has 136 valence electrons. The third-order valence-corrected chi connectivity index (χ3v) is 4.79. The van der Waals surface area contributed by atoms with E-state index in [9.17, 15) is 0 Å². The summed E-state index contributed by atoms with van der Waals surface area (Å²) in [5.74, 6) is 2.63. The molecule has 3 rings (SSSR count). The summed E-state index contributed by atoms with van der Waals surface area (Å²) >= 11 is 0. The molecule has 6 heteroatoms. The Hall–Kier alpha value is -2.08. The summed E-state index contributed by atoms with van der Waals surface area (Å²) in [6.07, 6.45) is 6.27. The van der Waals surface area contributed by atoms with Gasteiger partial charge in [0.05, 0.1) is 6.04 Å². The zero-order valence-corrected chi connectivity index (χ0v) is 15.7. The van der Waals surface area contributed by atoms with Gasteiger partial charge in [-0.05, 0) is 38.2 Å². The Morgan fingerprint density at radius 2 is 2.32 bits per heavy atom. The molecule has 1 aromatic rings. The number of allylic oxidation sites excluding steroid dienone is 1. The van der Waals surface area contributed by atoms with Gasteiger partial charge in [0.25, 0.3) is 0 Å². The number of pyridine rings is 1. The van der Waals surface area contributed by atoms with Gasteiger partial charge in [0, 0.05) is 26.7 Å². The van der Waals surface area contributed by atoms with Gasteiger partial charge in [-0.3, -0.25) is 4.99 Å². The largest absolute Gasteiger partial charge is 0.487 e. The van der Waals surface area contributed by atoms with Crippen molar-refractivity contribution in [2.75, 3.05) is 45.2 Å². The molecule has 1 saturated heterocycles. The van der Waals surface area contributed by atoms with Crippen molar-refractivity contribution in [2.24, 2.45) is 4.99 Å². The minimum Gasteiger partial charge on any atom is -0.487 e. The molecule has 0 spiro atoms. The number of ether oxygens (including phenoxy) is 1. The molecule has 1 N–H and O–H groups in total. The van der Waals surface area contributed by atoms with Gasteiger partial charge in [-0.25, -0.2) is 4.98 Å². The number of piperazine rings is 1. The third-order valence-electron chi connectivity index (χ3n) is 4.79. The normalized spacial score (nSPS) is 21.0. The smallest absolute Gasteiger partial charge is 0.172 e. The summed E-state index contributed by atoms with van der Waals surface area (Å²) in [7, 11) is 3.96. The van der Waals surface area contributed by atoms with Crippen molar-refractivity contribution in [2.45, 2.75) is 32.7 Å². The Labute approximate surface area is 150 Å². The maximum atomic E-state index is 6.00. The number of rotatable bonds is 4. The van der Waals surface area contributed by atoms with Crippen LogP contribution in [0.4, 0.5) is 5.82 Å². The van der Waals surface area contributed by atoms with E-state index in [4.69, 9.17) is 9.72 Å². The molecule has 0 radical (unpaired) electrons. The number of aryl methyl sites for hydroxylation is 1. The molecular weight excluding hydrogens is 314 g/mol. The predicted octanol–water partition coefficient (Wildman–Crippen LogP) is 2.18. The highest BCUT2D eigenvalue weighted by atomic mass is 16.5. The zero-order chi connectivity index (χ0) is 17.8. The predicted molar refractivity (Wildman–Crippen MR) is 103 cm³/mol. The first-order valence-electron chi connectivity index (χ1n) is 9.12. The highest BCUT2D eigenvalue weighted by Gasteiger charge is 2.33. The zero-order valence-electron chi connectivity index (χ0n) is 15.7. The van der Waals surface area contributed by atoms with Crippen LogP contribution < -0.4 is 15.0 Å². The average molecular weight is 343 g/mol. The average Bonchev–Trinajstić information content (AvgIpc) is 2.61. The van der Waals surface area contributed by atoms with Crippen LogP contribution in [0.2, 0.25) is 0 Å². The number of hydrogen-bond donors (Lipinski definition) is 1. The molecule has 2 aliphatic rings. The van der Waals surface area contributed by atoms with E-state index >= 15 is 0 Å². The lowest BCUT2D eigenvalue weighted by Crippen LogP contribution is -2.56. The van der Waals surface area contributed by atoms with E-state index in [2.05, 4.69) is 53.1 Å². The second-order valence-corrected chi connectivity index (χ2v) is 6.80. The van der Waals surface area contributed by atoms with Crippen LogP contribution in [0.25, 0.3) is 0 Å². The van der Waals surface area contributed by atoms with E-state index in [1.54, 1.807) is 7.05 Å². The van der Waals surface area contributed by atoms with E-state index in [0.29, 0.717) is 6.04 Å². The molecule has 1 aromatic heterocycles. The lowest BCUT2D eigenvalue weighted by atomic mass is 10.1. The SMILES string of the molecule is CCC/C=C/NC(=NC)c1nc2c(cc1C)OCC1CN(C)CCN21. The molecule has 1 unspecified atom stereocenters. The lowest BCUT2D eigenvalue weighted by Gasteiger charge is -2.44. The van der Waals surface area contributed by atoms with Gasteiger partial charge in [0.1, 0.15) is 12.3 Å². The third kappa shape index (κ3) is 3.79. The number of aliphatic imine (C=N–C) groups is 1. The standard InChI is InChI=1S/C19H29N5O/c1-5-6-7-8-21-18(20-3)17-14(2)11-16-19(22-17)24-10-9-23(4)12-15(24)13-25-16/h7-8,11,15H,5-6,9-10,12-13H2,1-4H3,(H,20,21)/b8-7+. The first kappa shape index (κ1) is 17.7. The van der Waals surface area contributed by atoms with Crippen LogP contribution in [0.5, 0.6) is 5.75 Å². The van der Waals surface area contributed by atoms with E-state index in [0.717, 1.165) is 67.7 Å². The highest BCUT2D eigenvalue weighted by molar-refractivity contribution is 5.99. The number of amidine groups is 1. The Kier molecular flexibility index (Phi) is 5.58. The van der Waals surface area contributed by atoms with Gasteiger partial charge in [-0.1, -0.05) is 19.4 Å². The van der Waals surface area contributed by atoms with Gasteiger partial charge in [0.15, 0.2) is 17.4 Å². The highest BCUT2D eigenvalue weighted by Crippen LogP contribution is 2.34. The van der Waals surface area contributed by atoms with Crippen molar-refractivity contribution in [3.63, 3.8) is 0 Å². The molecule has 0 saturated carbocycles. The minimum absolute atomic E-state index is 0.369. The topological polar surface area (TPSA) is 53.0 Å². The second-order valence-electron chi connectivity index (χ2n) is 6.80. The van der Waals surface area contributed by atoms with Crippen LogP contribution in [0.1, 0.15) is 31.0 Å². The number of fused-ring (bicyclic) bond motifs is 3. The molecule has 1 atom stereocenters. The number of nitrogens with zero attached hydrogens (tertiary/aromatic N) is 4. The van der Waals surface area contributed by atoms with E-state index < -0.39 is 0 Å². The Balaban J connectivity index is 1.88. The van der Waals surface area contributed by atoms with Gasteiger partial charge in [0.2, 0.25) is 0 Å². The second kappa shape index (κ2) is 7.87. The maximum absolute atomic E-state index is 6.00. The number of unbranched alkanes of at least 4 members (excludes halogenated alkanes) is 1. The fraction of sp³-hybridized carbons (Fsp3) is 0.579. The number of nitrogens with one attached hydrogen (secondary N) is 1. The van der Waals surface area contributed by atoms with Crippen molar-refractivity contribution in [3.8, 4) is 5.75 Å². The number of hydrogen-bond acceptors (Lipinski definition) is 5. The summed E-state index contributed by atoms with van der Waals surface area (Å²) in [4.78, 5) is 14.1. The van der Waals surface area contributed by atoms with Crippen LogP contribution in [0.3, 0.4) is 0 Å². The van der Waals surface area contributed by atoms with Gasteiger partial charge in [-0.15, -0.1) is 0 Å². The fourth-order valence-corrected chi connectivity index (χ4v) is 3.38.